The molecule has 0 radical (unpaired) electrons. The third-order valence-electron chi connectivity index (χ3n) is 1.77. The molecule has 0 saturated carbocycles. The molecule has 0 aliphatic heterocycles. The molecule has 0 fully saturated rings. The first kappa shape index (κ1) is 10.6. The van der Waals surface area contributed by atoms with Crippen LogP contribution in [0.2, 0.25) is 0 Å². The van der Waals surface area contributed by atoms with Crippen molar-refractivity contribution in [3.05, 3.63) is 18.0 Å². The van der Waals surface area contributed by atoms with Gasteiger partial charge in [0.25, 0.3) is 6.43 Å². The predicted molar refractivity (Wildman–Crippen MR) is 44.0 cm³/mol. The van der Waals surface area contributed by atoms with Gasteiger partial charge in [-0.1, -0.05) is 6.92 Å². The van der Waals surface area contributed by atoms with Gasteiger partial charge in [-0.2, -0.15) is 5.10 Å². The Hall–Kier alpha value is -1.46. The van der Waals surface area contributed by atoms with E-state index in [1.54, 1.807) is 0 Å². The number of hydrogen-bond acceptors (Lipinski definition) is 2. The molecule has 1 aromatic rings. The first-order chi connectivity index (χ1) is 6.50. The molecule has 0 aliphatic carbocycles. The molecular formula is C8H10F2N2O2. The number of rotatable bonds is 4. The molecule has 78 valence electrons. The third-order valence-corrected chi connectivity index (χ3v) is 1.77. The summed E-state index contributed by atoms with van der Waals surface area (Å²) < 4.78 is 25.4. The van der Waals surface area contributed by atoms with Crippen molar-refractivity contribution in [1.82, 2.24) is 9.78 Å². The lowest BCUT2D eigenvalue weighted by molar-refractivity contribution is -0.141. The molecule has 0 bridgehead atoms. The molecule has 1 aromatic heterocycles. The van der Waals surface area contributed by atoms with E-state index in [2.05, 4.69) is 5.10 Å². The largest absolute Gasteiger partial charge is 0.481 e. The van der Waals surface area contributed by atoms with Crippen LogP contribution in [-0.2, 0) is 11.3 Å². The lowest BCUT2D eigenvalue weighted by Crippen LogP contribution is -2.17. The highest BCUT2D eigenvalue weighted by atomic mass is 19.3. The van der Waals surface area contributed by atoms with Crippen molar-refractivity contribution in [3.8, 4) is 0 Å². The van der Waals surface area contributed by atoms with Crippen LogP contribution in [0.15, 0.2) is 12.3 Å². The monoisotopic (exact) mass is 204 g/mol. The Balaban J connectivity index is 2.64. The predicted octanol–water partition coefficient (Wildman–Crippen LogP) is 1.54. The molecule has 1 unspecified atom stereocenters. The van der Waals surface area contributed by atoms with Crippen LogP contribution in [0.4, 0.5) is 8.78 Å². The Labute approximate surface area is 79.2 Å². The van der Waals surface area contributed by atoms with E-state index in [1.807, 2.05) is 0 Å². The Bertz CT molecular complexity index is 325. The number of aliphatic carboxylic acids is 1. The zero-order valence-corrected chi connectivity index (χ0v) is 7.52. The Morgan fingerprint density at radius 1 is 1.71 bits per heavy atom. The number of hydrogen-bond donors (Lipinski definition) is 1. The van der Waals surface area contributed by atoms with Crippen LogP contribution < -0.4 is 0 Å². The SMILES string of the molecule is CC(Cn1ccc(C(F)F)n1)C(=O)O. The van der Waals surface area contributed by atoms with Crippen molar-refractivity contribution in [2.24, 2.45) is 5.92 Å². The van der Waals surface area contributed by atoms with Crippen molar-refractivity contribution in [3.63, 3.8) is 0 Å². The van der Waals surface area contributed by atoms with Crippen LogP contribution >= 0.6 is 0 Å². The minimum atomic E-state index is -2.61. The van der Waals surface area contributed by atoms with Gasteiger partial charge in [-0.15, -0.1) is 0 Å². The summed E-state index contributed by atoms with van der Waals surface area (Å²) in [6.07, 6.45) is -1.27. The molecule has 1 N–H and O–H groups in total. The fraction of sp³-hybridized carbons (Fsp3) is 0.500. The first-order valence-corrected chi connectivity index (χ1v) is 4.05. The zero-order valence-electron chi connectivity index (χ0n) is 7.52. The zero-order chi connectivity index (χ0) is 10.7. The number of nitrogens with zero attached hydrogens (tertiary/aromatic N) is 2. The van der Waals surface area contributed by atoms with E-state index in [-0.39, 0.29) is 12.2 Å². The maximum absolute atomic E-state index is 12.1. The smallest absolute Gasteiger partial charge is 0.308 e. The molecule has 1 rings (SSSR count). The third kappa shape index (κ3) is 2.51. The minimum absolute atomic E-state index is 0.0993. The van der Waals surface area contributed by atoms with Crippen LogP contribution in [0.1, 0.15) is 19.0 Å². The average molecular weight is 204 g/mol. The van der Waals surface area contributed by atoms with Gasteiger partial charge in [0, 0.05) is 6.20 Å². The summed E-state index contributed by atoms with van der Waals surface area (Å²) >= 11 is 0. The molecular weight excluding hydrogens is 194 g/mol. The molecule has 1 heterocycles. The summed E-state index contributed by atoms with van der Waals surface area (Å²) in [5, 5.41) is 12.1. The highest BCUT2D eigenvalue weighted by Crippen LogP contribution is 2.15. The molecule has 4 nitrogen and oxygen atoms in total. The molecule has 6 heteroatoms. The van der Waals surface area contributed by atoms with Crippen LogP contribution in [0, 0.1) is 5.92 Å². The van der Waals surface area contributed by atoms with Gasteiger partial charge >= 0.3 is 5.97 Å². The fourth-order valence-electron chi connectivity index (χ4n) is 0.954. The molecule has 0 aromatic carbocycles. The summed E-state index contributed by atoms with van der Waals surface area (Å²) in [4.78, 5) is 10.5. The Kier molecular flexibility index (Phi) is 3.16. The van der Waals surface area contributed by atoms with Gasteiger partial charge in [0.15, 0.2) is 0 Å². The van der Waals surface area contributed by atoms with Gasteiger partial charge in [-0.3, -0.25) is 9.48 Å². The summed E-state index contributed by atoms with van der Waals surface area (Å²) in [5.74, 6) is -1.61. The average Bonchev–Trinajstić information content (AvgIpc) is 2.52. The van der Waals surface area contributed by atoms with Gasteiger partial charge in [-0.05, 0) is 6.07 Å². The standard InChI is InChI=1S/C8H10F2N2O2/c1-5(8(13)14)4-12-3-2-6(11-12)7(9)10/h2-3,5,7H,4H2,1H3,(H,13,14). The van der Waals surface area contributed by atoms with Crippen LogP contribution in [0.5, 0.6) is 0 Å². The summed E-state index contributed by atoms with van der Waals surface area (Å²) in [6.45, 7) is 1.59. The van der Waals surface area contributed by atoms with Gasteiger partial charge < -0.3 is 5.11 Å². The molecule has 14 heavy (non-hydrogen) atoms. The van der Waals surface area contributed by atoms with E-state index >= 15 is 0 Å². The van der Waals surface area contributed by atoms with Gasteiger partial charge in [-0.25, -0.2) is 8.78 Å². The second kappa shape index (κ2) is 4.17. The van der Waals surface area contributed by atoms with Crippen molar-refractivity contribution < 1.29 is 18.7 Å². The van der Waals surface area contributed by atoms with Crippen molar-refractivity contribution in [2.45, 2.75) is 19.9 Å². The fourth-order valence-corrected chi connectivity index (χ4v) is 0.954. The van der Waals surface area contributed by atoms with E-state index in [0.717, 1.165) is 0 Å². The Morgan fingerprint density at radius 3 is 2.79 bits per heavy atom. The van der Waals surface area contributed by atoms with Crippen LogP contribution in [0.3, 0.4) is 0 Å². The lowest BCUT2D eigenvalue weighted by atomic mass is 10.2. The number of halogens is 2. The van der Waals surface area contributed by atoms with E-state index in [4.69, 9.17) is 5.11 Å². The van der Waals surface area contributed by atoms with E-state index in [1.165, 1.54) is 23.9 Å². The molecule has 0 amide bonds. The minimum Gasteiger partial charge on any atom is -0.481 e. The van der Waals surface area contributed by atoms with E-state index < -0.39 is 18.3 Å². The topological polar surface area (TPSA) is 55.1 Å². The molecule has 0 saturated heterocycles. The second-order valence-electron chi connectivity index (χ2n) is 3.00. The van der Waals surface area contributed by atoms with E-state index in [9.17, 15) is 13.6 Å². The van der Waals surface area contributed by atoms with Crippen molar-refractivity contribution in [1.29, 1.82) is 0 Å². The summed E-state index contributed by atoms with van der Waals surface area (Å²) in [6, 6.07) is 1.18. The maximum atomic E-state index is 12.1. The normalized spacial score (nSPS) is 13.1. The number of carboxylic acids is 1. The van der Waals surface area contributed by atoms with E-state index in [0.29, 0.717) is 0 Å². The number of aromatic nitrogens is 2. The van der Waals surface area contributed by atoms with Crippen molar-refractivity contribution in [2.75, 3.05) is 0 Å². The molecule has 0 aliphatic rings. The summed E-state index contributed by atoms with van der Waals surface area (Å²) in [7, 11) is 0. The maximum Gasteiger partial charge on any atom is 0.308 e. The first-order valence-electron chi connectivity index (χ1n) is 4.05. The second-order valence-corrected chi connectivity index (χ2v) is 3.00. The van der Waals surface area contributed by atoms with Gasteiger partial charge in [0.05, 0.1) is 12.5 Å². The van der Waals surface area contributed by atoms with Gasteiger partial charge in [0.1, 0.15) is 5.69 Å². The lowest BCUT2D eigenvalue weighted by Gasteiger charge is -2.05. The molecule has 0 spiro atoms. The number of carboxylic acid groups (broad SMARTS) is 1. The van der Waals surface area contributed by atoms with Gasteiger partial charge in [0.2, 0.25) is 0 Å². The number of alkyl halides is 2. The highest BCUT2D eigenvalue weighted by Gasteiger charge is 2.14. The quantitative estimate of drug-likeness (QED) is 0.809. The summed E-state index contributed by atoms with van der Waals surface area (Å²) in [5.41, 5.74) is -0.331. The molecule has 1 atom stereocenters. The highest BCUT2D eigenvalue weighted by molar-refractivity contribution is 5.69. The number of carbonyl (C=O) groups is 1. The van der Waals surface area contributed by atoms with Crippen LogP contribution in [-0.4, -0.2) is 20.9 Å². The van der Waals surface area contributed by atoms with Crippen LogP contribution in [0.25, 0.3) is 0 Å². The Morgan fingerprint density at radius 2 is 2.36 bits per heavy atom. The van der Waals surface area contributed by atoms with Crippen molar-refractivity contribution >= 4 is 5.97 Å².